The minimum Gasteiger partial charge on any atom is -0.299 e. The monoisotopic (exact) mass is 212 g/mol. The van der Waals surface area contributed by atoms with E-state index in [1.807, 2.05) is 13.8 Å². The van der Waals surface area contributed by atoms with Gasteiger partial charge in [0.2, 0.25) is 0 Å². The van der Waals surface area contributed by atoms with Crippen LogP contribution in [0.2, 0.25) is 0 Å². The van der Waals surface area contributed by atoms with E-state index in [1.54, 1.807) is 0 Å². The van der Waals surface area contributed by atoms with Gasteiger partial charge in [-0.2, -0.15) is 0 Å². The maximum absolute atomic E-state index is 12.1. The van der Waals surface area contributed by atoms with Crippen molar-refractivity contribution in [2.24, 2.45) is 22.7 Å². The van der Waals surface area contributed by atoms with Crippen molar-refractivity contribution in [1.29, 1.82) is 0 Å². The van der Waals surface area contributed by atoms with Crippen LogP contribution in [0.15, 0.2) is 0 Å². The summed E-state index contributed by atoms with van der Waals surface area (Å²) in [7, 11) is 0. The zero-order valence-electron chi connectivity index (χ0n) is 11.8. The van der Waals surface area contributed by atoms with Gasteiger partial charge in [0.25, 0.3) is 0 Å². The Morgan fingerprint density at radius 3 is 1.67 bits per heavy atom. The van der Waals surface area contributed by atoms with Crippen LogP contribution in [0.1, 0.15) is 61.8 Å². The maximum atomic E-state index is 12.1. The Bertz CT molecular complexity index is 221. The largest absolute Gasteiger partial charge is 0.299 e. The molecule has 0 unspecified atom stereocenters. The molecule has 0 amide bonds. The van der Waals surface area contributed by atoms with Crippen LogP contribution in [-0.4, -0.2) is 5.78 Å². The molecule has 0 aromatic carbocycles. The van der Waals surface area contributed by atoms with Crippen molar-refractivity contribution in [2.45, 2.75) is 61.8 Å². The van der Waals surface area contributed by atoms with Crippen LogP contribution in [0.4, 0.5) is 0 Å². The standard InChI is InChI=1S/C14H28O/c1-10(2)12(15)14(7,8)9-13(5,6)11(3)4/h10-11H,9H2,1-8H3. The summed E-state index contributed by atoms with van der Waals surface area (Å²) in [6.45, 7) is 17.1. The molecule has 0 atom stereocenters. The summed E-state index contributed by atoms with van der Waals surface area (Å²) in [6, 6.07) is 0. The van der Waals surface area contributed by atoms with E-state index < -0.39 is 0 Å². The van der Waals surface area contributed by atoms with Crippen molar-refractivity contribution in [2.75, 3.05) is 0 Å². The van der Waals surface area contributed by atoms with Crippen LogP contribution in [-0.2, 0) is 4.79 Å². The highest BCUT2D eigenvalue weighted by Gasteiger charge is 2.36. The Balaban J connectivity index is 4.71. The van der Waals surface area contributed by atoms with Gasteiger partial charge in [0, 0.05) is 11.3 Å². The van der Waals surface area contributed by atoms with Crippen LogP contribution in [0.5, 0.6) is 0 Å². The fraction of sp³-hybridized carbons (Fsp3) is 0.929. The van der Waals surface area contributed by atoms with Crippen molar-refractivity contribution < 1.29 is 4.79 Å². The molecule has 0 aromatic rings. The highest BCUT2D eigenvalue weighted by molar-refractivity contribution is 5.85. The highest BCUT2D eigenvalue weighted by atomic mass is 16.1. The van der Waals surface area contributed by atoms with Crippen molar-refractivity contribution in [1.82, 2.24) is 0 Å². The Kier molecular flexibility index (Phi) is 4.57. The van der Waals surface area contributed by atoms with Crippen molar-refractivity contribution in [3.8, 4) is 0 Å². The van der Waals surface area contributed by atoms with Gasteiger partial charge < -0.3 is 0 Å². The molecule has 0 radical (unpaired) electrons. The molecule has 15 heavy (non-hydrogen) atoms. The summed E-state index contributed by atoms with van der Waals surface area (Å²) in [5.41, 5.74) is 0.0377. The molecule has 0 spiro atoms. The van der Waals surface area contributed by atoms with E-state index in [4.69, 9.17) is 0 Å². The van der Waals surface area contributed by atoms with E-state index in [0.717, 1.165) is 6.42 Å². The molecule has 0 fully saturated rings. The van der Waals surface area contributed by atoms with Crippen molar-refractivity contribution in [3.63, 3.8) is 0 Å². The van der Waals surface area contributed by atoms with Gasteiger partial charge in [-0.05, 0) is 17.8 Å². The first-order valence-corrected chi connectivity index (χ1v) is 6.05. The number of hydrogen-bond donors (Lipinski definition) is 0. The lowest BCUT2D eigenvalue weighted by Crippen LogP contribution is -2.35. The van der Waals surface area contributed by atoms with Gasteiger partial charge in [0.1, 0.15) is 5.78 Å². The second-order valence-corrected chi connectivity index (χ2v) is 6.72. The molecule has 0 saturated carbocycles. The highest BCUT2D eigenvalue weighted by Crippen LogP contribution is 2.40. The second-order valence-electron chi connectivity index (χ2n) is 6.72. The summed E-state index contributed by atoms with van der Waals surface area (Å²) in [6.07, 6.45) is 0.967. The number of hydrogen-bond acceptors (Lipinski definition) is 1. The molecule has 0 saturated heterocycles. The minimum atomic E-state index is -0.193. The second kappa shape index (κ2) is 4.67. The summed E-state index contributed by atoms with van der Waals surface area (Å²) in [5.74, 6) is 1.14. The topological polar surface area (TPSA) is 17.1 Å². The quantitative estimate of drug-likeness (QED) is 0.663. The van der Waals surface area contributed by atoms with Gasteiger partial charge in [-0.25, -0.2) is 0 Å². The number of Topliss-reactive ketones (excluding diaryl/α,β-unsaturated/α-hetero) is 1. The van der Waals surface area contributed by atoms with E-state index in [0.29, 0.717) is 11.7 Å². The molecule has 0 aliphatic heterocycles. The SMILES string of the molecule is CC(C)C(=O)C(C)(C)CC(C)(C)C(C)C. The van der Waals surface area contributed by atoms with Crippen LogP contribution in [0.3, 0.4) is 0 Å². The number of carbonyl (C=O) groups is 1. The van der Waals surface area contributed by atoms with E-state index in [2.05, 4.69) is 41.5 Å². The third-order valence-electron chi connectivity index (χ3n) is 3.65. The molecular formula is C14H28O. The first-order valence-electron chi connectivity index (χ1n) is 6.05. The normalized spacial score (nSPS) is 13.7. The fourth-order valence-corrected chi connectivity index (χ4v) is 2.21. The predicted octanol–water partition coefficient (Wildman–Crippen LogP) is 4.31. The summed E-state index contributed by atoms with van der Waals surface area (Å²) < 4.78 is 0. The first-order chi connectivity index (χ1) is 6.50. The van der Waals surface area contributed by atoms with Gasteiger partial charge in [0.15, 0.2) is 0 Å². The average molecular weight is 212 g/mol. The predicted molar refractivity (Wildman–Crippen MR) is 66.9 cm³/mol. The Hall–Kier alpha value is -0.330. The van der Waals surface area contributed by atoms with E-state index in [1.165, 1.54) is 0 Å². The fourth-order valence-electron chi connectivity index (χ4n) is 2.21. The Labute approximate surface area is 95.6 Å². The van der Waals surface area contributed by atoms with Crippen LogP contribution >= 0.6 is 0 Å². The minimum absolute atomic E-state index is 0.142. The maximum Gasteiger partial charge on any atom is 0.141 e. The average Bonchev–Trinajstić information content (AvgIpc) is 2.00. The van der Waals surface area contributed by atoms with E-state index in [-0.39, 0.29) is 16.7 Å². The third-order valence-corrected chi connectivity index (χ3v) is 3.65. The van der Waals surface area contributed by atoms with Crippen LogP contribution in [0.25, 0.3) is 0 Å². The van der Waals surface area contributed by atoms with E-state index >= 15 is 0 Å². The summed E-state index contributed by atoms with van der Waals surface area (Å²) >= 11 is 0. The van der Waals surface area contributed by atoms with Gasteiger partial charge in [0.05, 0.1) is 0 Å². The molecule has 0 aromatic heterocycles. The van der Waals surface area contributed by atoms with Gasteiger partial charge in [-0.1, -0.05) is 55.4 Å². The molecule has 1 nitrogen and oxygen atoms in total. The molecule has 0 N–H and O–H groups in total. The summed E-state index contributed by atoms with van der Waals surface area (Å²) in [4.78, 5) is 12.1. The van der Waals surface area contributed by atoms with Crippen LogP contribution in [0, 0.1) is 22.7 Å². The lowest BCUT2D eigenvalue weighted by atomic mass is 9.66. The van der Waals surface area contributed by atoms with Gasteiger partial charge in [-0.3, -0.25) is 4.79 Å². The smallest absolute Gasteiger partial charge is 0.141 e. The first kappa shape index (κ1) is 14.7. The molecule has 0 bridgehead atoms. The Morgan fingerprint density at radius 2 is 1.40 bits per heavy atom. The molecule has 0 rings (SSSR count). The van der Waals surface area contributed by atoms with E-state index in [9.17, 15) is 4.79 Å². The molecular weight excluding hydrogens is 184 g/mol. The number of carbonyl (C=O) groups excluding carboxylic acids is 1. The zero-order chi connectivity index (χ0) is 12.4. The zero-order valence-corrected chi connectivity index (χ0v) is 11.8. The van der Waals surface area contributed by atoms with Crippen LogP contribution < -0.4 is 0 Å². The van der Waals surface area contributed by atoms with Crippen molar-refractivity contribution >= 4 is 5.78 Å². The third kappa shape index (κ3) is 3.96. The molecule has 0 aliphatic carbocycles. The lowest BCUT2D eigenvalue weighted by molar-refractivity contribution is -0.132. The van der Waals surface area contributed by atoms with Crippen molar-refractivity contribution in [3.05, 3.63) is 0 Å². The molecule has 0 aliphatic rings. The molecule has 0 heterocycles. The Morgan fingerprint density at radius 1 is 1.00 bits per heavy atom. The van der Waals surface area contributed by atoms with Gasteiger partial charge >= 0.3 is 0 Å². The summed E-state index contributed by atoms with van der Waals surface area (Å²) in [5, 5.41) is 0. The lowest BCUT2D eigenvalue weighted by Gasteiger charge is -2.37. The van der Waals surface area contributed by atoms with Gasteiger partial charge in [-0.15, -0.1) is 0 Å². The molecule has 90 valence electrons. The molecule has 1 heteroatoms. The number of ketones is 1. The number of rotatable bonds is 5.